The highest BCUT2D eigenvalue weighted by molar-refractivity contribution is 7.87. The molecule has 3 aromatic rings. The number of halogens is 2. The van der Waals surface area contributed by atoms with Crippen LogP contribution in [-0.2, 0) is 16.7 Å². The summed E-state index contributed by atoms with van der Waals surface area (Å²) < 4.78 is 56.2. The normalized spacial score (nSPS) is 11.1. The summed E-state index contributed by atoms with van der Waals surface area (Å²) in [5, 5.41) is 2.67. The van der Waals surface area contributed by atoms with Gasteiger partial charge in [-0.25, -0.2) is 8.78 Å². The average molecular weight is 403 g/mol. The van der Waals surface area contributed by atoms with Gasteiger partial charge in [0, 0.05) is 6.54 Å². The fourth-order valence-corrected chi connectivity index (χ4v) is 3.36. The van der Waals surface area contributed by atoms with Crippen molar-refractivity contribution in [2.75, 3.05) is 0 Å². The standard InChI is InChI=1S/C20H15F2NO4S/c21-17-11-10-15(12-18(17)22)28(25,26)27-19-9-5-4-8-16(19)20(24)23-13-14-6-2-1-3-7-14/h1-12H,13H2,(H,23,24). The SMILES string of the molecule is O=C(NCc1ccccc1)c1ccccc1OS(=O)(=O)c1ccc(F)c(F)c1. The van der Waals surface area contributed by atoms with Gasteiger partial charge >= 0.3 is 10.1 Å². The van der Waals surface area contributed by atoms with Crippen molar-refractivity contribution in [1.82, 2.24) is 5.32 Å². The van der Waals surface area contributed by atoms with Crippen LogP contribution in [0, 0.1) is 11.6 Å². The maximum Gasteiger partial charge on any atom is 0.339 e. The van der Waals surface area contributed by atoms with Gasteiger partial charge in [0.2, 0.25) is 0 Å². The maximum absolute atomic E-state index is 13.4. The molecule has 0 heterocycles. The molecule has 0 aliphatic heterocycles. The van der Waals surface area contributed by atoms with E-state index in [1.165, 1.54) is 18.2 Å². The van der Waals surface area contributed by atoms with Gasteiger partial charge in [-0.1, -0.05) is 42.5 Å². The van der Waals surface area contributed by atoms with Gasteiger partial charge in [0.15, 0.2) is 17.4 Å². The summed E-state index contributed by atoms with van der Waals surface area (Å²) in [5.74, 6) is -3.27. The smallest absolute Gasteiger partial charge is 0.339 e. The van der Waals surface area contributed by atoms with Gasteiger partial charge in [0.1, 0.15) is 4.90 Å². The van der Waals surface area contributed by atoms with Crippen LogP contribution < -0.4 is 9.50 Å². The third-order valence-corrected chi connectivity index (χ3v) is 5.04. The van der Waals surface area contributed by atoms with E-state index in [1.54, 1.807) is 6.07 Å². The number of amides is 1. The molecule has 0 bridgehead atoms. The van der Waals surface area contributed by atoms with Crippen LogP contribution in [0.15, 0.2) is 77.7 Å². The lowest BCUT2D eigenvalue weighted by Crippen LogP contribution is -2.24. The topological polar surface area (TPSA) is 72.5 Å². The molecule has 0 saturated heterocycles. The molecule has 0 aliphatic rings. The molecule has 0 saturated carbocycles. The molecule has 0 fully saturated rings. The Morgan fingerprint density at radius 3 is 2.29 bits per heavy atom. The zero-order valence-electron chi connectivity index (χ0n) is 14.4. The van der Waals surface area contributed by atoms with Crippen LogP contribution in [0.3, 0.4) is 0 Å². The summed E-state index contributed by atoms with van der Waals surface area (Å²) >= 11 is 0. The summed E-state index contributed by atoms with van der Waals surface area (Å²) in [4.78, 5) is 11.9. The molecular formula is C20H15F2NO4S. The highest BCUT2D eigenvalue weighted by Crippen LogP contribution is 2.24. The van der Waals surface area contributed by atoms with Gasteiger partial charge < -0.3 is 9.50 Å². The third kappa shape index (κ3) is 4.52. The molecule has 3 rings (SSSR count). The largest absolute Gasteiger partial charge is 0.378 e. The van der Waals surface area contributed by atoms with Crippen molar-refractivity contribution in [3.8, 4) is 5.75 Å². The first-order valence-corrected chi connectivity index (χ1v) is 9.58. The highest BCUT2D eigenvalue weighted by Gasteiger charge is 2.22. The molecule has 144 valence electrons. The molecule has 0 spiro atoms. The van der Waals surface area contributed by atoms with Gasteiger partial charge in [0.05, 0.1) is 5.56 Å². The minimum absolute atomic E-state index is 0.00964. The van der Waals surface area contributed by atoms with Gasteiger partial charge in [0.25, 0.3) is 5.91 Å². The fraction of sp³-hybridized carbons (Fsp3) is 0.0500. The third-order valence-electron chi connectivity index (χ3n) is 3.81. The second-order valence-corrected chi connectivity index (χ2v) is 7.32. The molecular weight excluding hydrogens is 388 g/mol. The lowest BCUT2D eigenvalue weighted by molar-refractivity contribution is 0.0949. The molecule has 28 heavy (non-hydrogen) atoms. The van der Waals surface area contributed by atoms with Gasteiger partial charge in [-0.3, -0.25) is 4.79 Å². The van der Waals surface area contributed by atoms with Crippen LogP contribution in [0.5, 0.6) is 5.75 Å². The summed E-state index contributed by atoms with van der Waals surface area (Å²) in [6, 6.07) is 17.0. The second-order valence-electron chi connectivity index (χ2n) is 5.78. The Hall–Kier alpha value is -3.26. The number of carbonyl (C=O) groups excluding carboxylic acids is 1. The van der Waals surface area contributed by atoms with Crippen LogP contribution in [-0.4, -0.2) is 14.3 Å². The maximum atomic E-state index is 13.4. The van der Waals surface area contributed by atoms with Crippen molar-refractivity contribution in [1.29, 1.82) is 0 Å². The van der Waals surface area contributed by atoms with E-state index in [4.69, 9.17) is 4.18 Å². The van der Waals surface area contributed by atoms with Crippen molar-refractivity contribution in [2.24, 2.45) is 0 Å². The first-order valence-electron chi connectivity index (χ1n) is 8.17. The predicted octanol–water partition coefficient (Wildman–Crippen LogP) is 3.66. The number of benzene rings is 3. The highest BCUT2D eigenvalue weighted by atomic mass is 32.2. The molecule has 0 atom stereocenters. The second kappa shape index (κ2) is 8.18. The minimum atomic E-state index is -4.46. The summed E-state index contributed by atoms with van der Waals surface area (Å²) in [6.45, 7) is 0.240. The zero-order valence-corrected chi connectivity index (χ0v) is 15.2. The van der Waals surface area contributed by atoms with Crippen LogP contribution >= 0.6 is 0 Å². The van der Waals surface area contributed by atoms with E-state index in [2.05, 4.69) is 5.32 Å². The first-order chi connectivity index (χ1) is 13.4. The van der Waals surface area contributed by atoms with Crippen LogP contribution in [0.2, 0.25) is 0 Å². The summed E-state index contributed by atoms with van der Waals surface area (Å²) in [7, 11) is -4.46. The first kappa shape index (κ1) is 19.5. The number of hydrogen-bond donors (Lipinski definition) is 1. The van der Waals surface area contributed by atoms with Crippen molar-refractivity contribution >= 4 is 16.0 Å². The van der Waals surface area contributed by atoms with Crippen molar-refractivity contribution < 1.29 is 26.2 Å². The molecule has 1 N–H and O–H groups in total. The van der Waals surface area contributed by atoms with Crippen LogP contribution in [0.1, 0.15) is 15.9 Å². The van der Waals surface area contributed by atoms with Crippen molar-refractivity contribution in [3.05, 3.63) is 95.6 Å². The molecule has 0 radical (unpaired) electrons. The number of para-hydroxylation sites is 1. The molecule has 3 aromatic carbocycles. The predicted molar refractivity (Wildman–Crippen MR) is 98.2 cm³/mol. The van der Waals surface area contributed by atoms with E-state index in [9.17, 15) is 22.0 Å². The number of rotatable bonds is 6. The Labute approximate surface area is 160 Å². The number of carbonyl (C=O) groups is 1. The van der Waals surface area contributed by atoms with Gasteiger partial charge in [-0.05, 0) is 35.9 Å². The van der Waals surface area contributed by atoms with Crippen LogP contribution in [0.4, 0.5) is 8.78 Å². The van der Waals surface area contributed by atoms with Gasteiger partial charge in [-0.2, -0.15) is 8.42 Å². The van der Waals surface area contributed by atoms with Gasteiger partial charge in [-0.15, -0.1) is 0 Å². The summed E-state index contributed by atoms with van der Waals surface area (Å²) in [6.07, 6.45) is 0. The quantitative estimate of drug-likeness (QED) is 0.638. The molecule has 0 aromatic heterocycles. The Kier molecular flexibility index (Phi) is 5.70. The monoisotopic (exact) mass is 403 g/mol. The summed E-state index contributed by atoms with van der Waals surface area (Å²) in [5.41, 5.74) is 0.855. The average Bonchev–Trinajstić information content (AvgIpc) is 2.69. The Bertz CT molecular complexity index is 1100. The molecule has 1 amide bonds. The Balaban J connectivity index is 1.81. The van der Waals surface area contributed by atoms with Crippen LogP contribution in [0.25, 0.3) is 0 Å². The zero-order chi connectivity index (χ0) is 20.1. The molecule has 0 aliphatic carbocycles. The number of nitrogens with one attached hydrogen (secondary N) is 1. The molecule has 0 unspecified atom stereocenters. The van der Waals surface area contributed by atoms with E-state index >= 15 is 0 Å². The Morgan fingerprint density at radius 2 is 1.57 bits per heavy atom. The lowest BCUT2D eigenvalue weighted by atomic mass is 10.1. The molecule has 5 nitrogen and oxygen atoms in total. The Morgan fingerprint density at radius 1 is 0.893 bits per heavy atom. The van der Waals surface area contributed by atoms with Crippen molar-refractivity contribution in [3.63, 3.8) is 0 Å². The molecule has 8 heteroatoms. The van der Waals surface area contributed by atoms with E-state index < -0.39 is 32.6 Å². The van der Waals surface area contributed by atoms with E-state index in [0.29, 0.717) is 12.1 Å². The fourth-order valence-electron chi connectivity index (χ4n) is 2.40. The van der Waals surface area contributed by atoms with Crippen molar-refractivity contribution in [2.45, 2.75) is 11.4 Å². The van der Waals surface area contributed by atoms with E-state index in [-0.39, 0.29) is 17.9 Å². The van der Waals surface area contributed by atoms with E-state index in [0.717, 1.165) is 11.6 Å². The minimum Gasteiger partial charge on any atom is -0.378 e. The van der Waals surface area contributed by atoms with E-state index in [1.807, 2.05) is 30.3 Å². The lowest BCUT2D eigenvalue weighted by Gasteiger charge is -2.12. The number of hydrogen-bond acceptors (Lipinski definition) is 4.